The average molecular weight is 384 g/mol. The molecule has 146 valence electrons. The number of phenols is 1. The van der Waals surface area contributed by atoms with E-state index in [-0.39, 0.29) is 17.9 Å². The van der Waals surface area contributed by atoms with E-state index >= 15 is 0 Å². The third-order valence-electron chi connectivity index (χ3n) is 4.36. The molecule has 8 nitrogen and oxygen atoms in total. The van der Waals surface area contributed by atoms with Gasteiger partial charge in [-0.05, 0) is 55.3 Å². The van der Waals surface area contributed by atoms with E-state index in [4.69, 9.17) is 9.47 Å². The van der Waals surface area contributed by atoms with Crippen LogP contribution in [0.4, 0.5) is 10.5 Å². The standard InChI is InChI=1S/C20H20N2O6/c1-3-28-17-11-12(4-9-16(17)23)10-15-18(24)21-20(26)22(19(15)25)13-5-7-14(27-2)8-6-13/h4-9,11,15,23H,3,10H2,1-2H3,(H,21,24,26). The van der Waals surface area contributed by atoms with Crippen LogP contribution in [0.2, 0.25) is 0 Å². The number of nitrogens with one attached hydrogen (secondary N) is 1. The van der Waals surface area contributed by atoms with Gasteiger partial charge >= 0.3 is 6.03 Å². The van der Waals surface area contributed by atoms with Crippen LogP contribution in [0.3, 0.4) is 0 Å². The number of hydrogen-bond donors (Lipinski definition) is 2. The van der Waals surface area contributed by atoms with Gasteiger partial charge in [-0.1, -0.05) is 6.07 Å². The first-order valence-electron chi connectivity index (χ1n) is 8.72. The van der Waals surface area contributed by atoms with Crippen molar-refractivity contribution in [3.63, 3.8) is 0 Å². The summed E-state index contributed by atoms with van der Waals surface area (Å²) in [7, 11) is 1.51. The number of ether oxygens (including phenoxy) is 2. The Balaban J connectivity index is 1.86. The summed E-state index contributed by atoms with van der Waals surface area (Å²) in [6.45, 7) is 2.14. The van der Waals surface area contributed by atoms with E-state index in [2.05, 4.69) is 5.32 Å². The van der Waals surface area contributed by atoms with Crippen LogP contribution in [0.5, 0.6) is 17.2 Å². The summed E-state index contributed by atoms with van der Waals surface area (Å²) in [5.41, 5.74) is 0.959. The largest absolute Gasteiger partial charge is 0.504 e. The number of aromatic hydroxyl groups is 1. The third-order valence-corrected chi connectivity index (χ3v) is 4.36. The van der Waals surface area contributed by atoms with E-state index in [0.29, 0.717) is 23.6 Å². The molecule has 4 amide bonds. The molecule has 2 aromatic rings. The fourth-order valence-electron chi connectivity index (χ4n) is 2.96. The molecular formula is C20H20N2O6. The van der Waals surface area contributed by atoms with Crippen LogP contribution in [0.25, 0.3) is 0 Å². The van der Waals surface area contributed by atoms with Crippen molar-refractivity contribution >= 4 is 23.5 Å². The van der Waals surface area contributed by atoms with Gasteiger partial charge in [-0.15, -0.1) is 0 Å². The number of imide groups is 2. The van der Waals surface area contributed by atoms with E-state index in [0.717, 1.165) is 4.90 Å². The number of nitrogens with zero attached hydrogens (tertiary/aromatic N) is 1. The second kappa shape index (κ2) is 7.99. The van der Waals surface area contributed by atoms with Crippen LogP contribution in [-0.4, -0.2) is 36.7 Å². The Morgan fingerprint density at radius 3 is 2.46 bits per heavy atom. The maximum Gasteiger partial charge on any atom is 0.335 e. The van der Waals surface area contributed by atoms with E-state index < -0.39 is 23.8 Å². The van der Waals surface area contributed by atoms with Crippen molar-refractivity contribution in [3.8, 4) is 17.2 Å². The van der Waals surface area contributed by atoms with Gasteiger partial charge in [0.25, 0.3) is 0 Å². The Morgan fingerprint density at radius 1 is 1.11 bits per heavy atom. The predicted octanol–water partition coefficient (Wildman–Crippen LogP) is 2.24. The van der Waals surface area contributed by atoms with Gasteiger partial charge in [0, 0.05) is 0 Å². The molecule has 2 aromatic carbocycles. The summed E-state index contributed by atoms with van der Waals surface area (Å²) >= 11 is 0. The Morgan fingerprint density at radius 2 is 1.82 bits per heavy atom. The minimum absolute atomic E-state index is 0.0277. The first kappa shape index (κ1) is 19.2. The van der Waals surface area contributed by atoms with E-state index in [1.165, 1.54) is 13.2 Å². The third kappa shape index (κ3) is 3.75. The lowest BCUT2D eigenvalue weighted by molar-refractivity contribution is -0.134. The number of carbonyl (C=O) groups is 3. The Hall–Kier alpha value is -3.55. The van der Waals surface area contributed by atoms with Crippen molar-refractivity contribution in [2.75, 3.05) is 18.6 Å². The fraction of sp³-hybridized carbons (Fsp3) is 0.250. The lowest BCUT2D eigenvalue weighted by Crippen LogP contribution is -2.58. The number of hydrogen-bond acceptors (Lipinski definition) is 6. The maximum absolute atomic E-state index is 12.9. The molecule has 1 aliphatic rings. The van der Waals surface area contributed by atoms with E-state index in [1.807, 2.05) is 0 Å². The van der Waals surface area contributed by atoms with Crippen molar-refractivity contribution < 1.29 is 29.0 Å². The summed E-state index contributed by atoms with van der Waals surface area (Å²) in [6, 6.07) is 10.2. The van der Waals surface area contributed by atoms with Gasteiger partial charge in [0.15, 0.2) is 11.5 Å². The highest BCUT2D eigenvalue weighted by Crippen LogP contribution is 2.29. The SMILES string of the molecule is CCOc1cc(CC2C(=O)NC(=O)N(c3ccc(OC)cc3)C2=O)ccc1O. The number of barbiturate groups is 1. The summed E-state index contributed by atoms with van der Waals surface area (Å²) < 4.78 is 10.4. The molecule has 0 saturated carbocycles. The monoisotopic (exact) mass is 384 g/mol. The zero-order chi connectivity index (χ0) is 20.3. The quantitative estimate of drug-likeness (QED) is 0.740. The van der Waals surface area contributed by atoms with Crippen LogP contribution >= 0.6 is 0 Å². The summed E-state index contributed by atoms with van der Waals surface area (Å²) in [6.07, 6.45) is 0.0605. The van der Waals surface area contributed by atoms with Gasteiger partial charge in [0.2, 0.25) is 11.8 Å². The van der Waals surface area contributed by atoms with Crippen molar-refractivity contribution in [1.29, 1.82) is 0 Å². The lowest BCUT2D eigenvalue weighted by atomic mass is 9.95. The Bertz CT molecular complexity index is 909. The molecule has 1 aliphatic heterocycles. The van der Waals surface area contributed by atoms with Gasteiger partial charge in [-0.25, -0.2) is 9.69 Å². The van der Waals surface area contributed by atoms with Gasteiger partial charge in [0.1, 0.15) is 11.7 Å². The van der Waals surface area contributed by atoms with Crippen LogP contribution in [0, 0.1) is 5.92 Å². The highest BCUT2D eigenvalue weighted by molar-refractivity contribution is 6.27. The number of rotatable bonds is 6. The molecular weight excluding hydrogens is 364 g/mol. The Labute approximate surface area is 161 Å². The zero-order valence-corrected chi connectivity index (χ0v) is 15.5. The molecule has 0 bridgehead atoms. The van der Waals surface area contributed by atoms with Crippen LogP contribution in [0.15, 0.2) is 42.5 Å². The number of anilines is 1. The topological polar surface area (TPSA) is 105 Å². The summed E-state index contributed by atoms with van der Waals surface area (Å²) in [4.78, 5) is 38.4. The number of benzene rings is 2. The molecule has 28 heavy (non-hydrogen) atoms. The summed E-state index contributed by atoms with van der Waals surface area (Å²) in [5.74, 6) is -1.55. The van der Waals surface area contributed by atoms with Crippen molar-refractivity contribution in [1.82, 2.24) is 5.32 Å². The second-order valence-corrected chi connectivity index (χ2v) is 6.16. The van der Waals surface area contributed by atoms with Crippen LogP contribution in [-0.2, 0) is 16.0 Å². The smallest absolute Gasteiger partial charge is 0.335 e. The fourth-order valence-corrected chi connectivity index (χ4v) is 2.96. The number of urea groups is 1. The molecule has 3 rings (SSSR count). The molecule has 1 unspecified atom stereocenters. The van der Waals surface area contributed by atoms with Crippen LogP contribution < -0.4 is 19.7 Å². The van der Waals surface area contributed by atoms with Gasteiger partial charge < -0.3 is 14.6 Å². The maximum atomic E-state index is 12.9. The number of amides is 4. The van der Waals surface area contributed by atoms with E-state index in [1.54, 1.807) is 43.3 Å². The van der Waals surface area contributed by atoms with Crippen molar-refractivity contribution in [2.24, 2.45) is 5.92 Å². The molecule has 8 heteroatoms. The molecule has 0 radical (unpaired) electrons. The molecule has 0 aliphatic carbocycles. The minimum atomic E-state index is -1.08. The molecule has 0 aromatic heterocycles. The number of carbonyl (C=O) groups excluding carboxylic acids is 3. The molecule has 1 saturated heterocycles. The highest BCUT2D eigenvalue weighted by atomic mass is 16.5. The molecule has 2 N–H and O–H groups in total. The molecule has 0 spiro atoms. The Kier molecular flexibility index (Phi) is 5.49. The van der Waals surface area contributed by atoms with Gasteiger partial charge in [-0.2, -0.15) is 0 Å². The van der Waals surface area contributed by atoms with Crippen molar-refractivity contribution in [2.45, 2.75) is 13.3 Å². The minimum Gasteiger partial charge on any atom is -0.504 e. The molecule has 1 fully saturated rings. The molecule has 1 atom stereocenters. The lowest BCUT2D eigenvalue weighted by Gasteiger charge is -2.30. The predicted molar refractivity (Wildman–Crippen MR) is 100 cm³/mol. The number of phenolic OH excluding ortho intramolecular Hbond substituents is 1. The zero-order valence-electron chi connectivity index (χ0n) is 15.5. The van der Waals surface area contributed by atoms with Crippen LogP contribution in [0.1, 0.15) is 12.5 Å². The van der Waals surface area contributed by atoms with E-state index in [9.17, 15) is 19.5 Å². The van der Waals surface area contributed by atoms with Crippen molar-refractivity contribution in [3.05, 3.63) is 48.0 Å². The average Bonchev–Trinajstić information content (AvgIpc) is 2.68. The highest BCUT2D eigenvalue weighted by Gasteiger charge is 2.41. The first-order chi connectivity index (χ1) is 13.4. The number of methoxy groups -OCH3 is 1. The molecule has 1 heterocycles. The normalized spacial score (nSPS) is 16.7. The van der Waals surface area contributed by atoms with Gasteiger partial charge in [-0.3, -0.25) is 14.9 Å². The summed E-state index contributed by atoms with van der Waals surface area (Å²) in [5, 5.41) is 12.0. The first-order valence-corrected chi connectivity index (χ1v) is 8.72. The second-order valence-electron chi connectivity index (χ2n) is 6.16. The van der Waals surface area contributed by atoms with Gasteiger partial charge in [0.05, 0.1) is 19.4 Å².